The fraction of sp³-hybridized carbons (Fsp3) is 0.259. The number of benzene rings is 2. The Morgan fingerprint density at radius 1 is 1.09 bits per heavy atom. The maximum atomic E-state index is 14.3. The zero-order valence-electron chi connectivity index (χ0n) is 19.1. The summed E-state index contributed by atoms with van der Waals surface area (Å²) in [4.78, 5) is 21.3. The Bertz CT molecular complexity index is 1260. The fourth-order valence-electron chi connectivity index (χ4n) is 5.00. The quantitative estimate of drug-likeness (QED) is 0.400. The van der Waals surface area contributed by atoms with Crippen LogP contribution in [0.5, 0.6) is 0 Å². The number of nitrogens with one attached hydrogen (secondary N) is 1. The van der Waals surface area contributed by atoms with Gasteiger partial charge in [-0.25, -0.2) is 14.2 Å². The van der Waals surface area contributed by atoms with Crippen LogP contribution in [-0.4, -0.2) is 42.1 Å². The third kappa shape index (κ3) is 5.20. The van der Waals surface area contributed by atoms with Gasteiger partial charge in [-0.3, -0.25) is 9.80 Å². The summed E-state index contributed by atoms with van der Waals surface area (Å²) in [6.07, 6.45) is 7.50. The average Bonchev–Trinajstić information content (AvgIpc) is 3.15. The Kier molecular flexibility index (Phi) is 6.78. The molecule has 5 rings (SSSR count). The number of hydrogen-bond acceptors (Lipinski definition) is 3. The number of carbonyl (C=O) groups excluding carboxylic acids is 1. The SMILES string of the molecule is O=C(Nc1ccnc(Cl)c1)N1CC2(CCN(C/C=C/c3ccc(Cl)cc3)CC2)c2cc(F)ccc21. The van der Waals surface area contributed by atoms with Gasteiger partial charge in [0.1, 0.15) is 11.0 Å². The molecular weight excluding hydrogens is 486 g/mol. The lowest BCUT2D eigenvalue weighted by Gasteiger charge is -2.39. The zero-order valence-corrected chi connectivity index (χ0v) is 20.6. The Hall–Kier alpha value is -2.93. The lowest BCUT2D eigenvalue weighted by atomic mass is 9.74. The molecule has 0 atom stereocenters. The van der Waals surface area contributed by atoms with Crippen molar-refractivity contribution < 1.29 is 9.18 Å². The summed E-state index contributed by atoms with van der Waals surface area (Å²) in [7, 11) is 0. The van der Waals surface area contributed by atoms with Crippen LogP contribution in [0.4, 0.5) is 20.6 Å². The molecule has 35 heavy (non-hydrogen) atoms. The molecule has 1 fully saturated rings. The number of amides is 2. The van der Waals surface area contributed by atoms with Crippen LogP contribution in [-0.2, 0) is 5.41 Å². The molecule has 1 saturated heterocycles. The molecule has 180 valence electrons. The predicted octanol–water partition coefficient (Wildman–Crippen LogP) is 6.63. The lowest BCUT2D eigenvalue weighted by Crippen LogP contribution is -2.46. The van der Waals surface area contributed by atoms with E-state index in [0.717, 1.165) is 54.3 Å². The van der Waals surface area contributed by atoms with E-state index in [1.165, 1.54) is 6.07 Å². The van der Waals surface area contributed by atoms with Crippen molar-refractivity contribution in [2.45, 2.75) is 18.3 Å². The van der Waals surface area contributed by atoms with Gasteiger partial charge in [0.05, 0.1) is 0 Å². The van der Waals surface area contributed by atoms with Crippen LogP contribution >= 0.6 is 23.2 Å². The Labute approximate surface area is 214 Å². The summed E-state index contributed by atoms with van der Waals surface area (Å²) < 4.78 is 14.3. The maximum absolute atomic E-state index is 14.3. The van der Waals surface area contributed by atoms with Crippen molar-refractivity contribution in [3.63, 3.8) is 0 Å². The third-order valence-electron chi connectivity index (χ3n) is 6.86. The number of anilines is 2. The van der Waals surface area contributed by atoms with E-state index in [2.05, 4.69) is 27.4 Å². The average molecular weight is 511 g/mol. The molecule has 2 aliphatic rings. The van der Waals surface area contributed by atoms with Gasteiger partial charge in [0.2, 0.25) is 0 Å². The van der Waals surface area contributed by atoms with Gasteiger partial charge in [-0.05, 0) is 79.5 Å². The minimum atomic E-state index is -0.278. The second kappa shape index (κ2) is 9.97. The number of hydrogen-bond donors (Lipinski definition) is 1. The van der Waals surface area contributed by atoms with Crippen molar-refractivity contribution in [2.24, 2.45) is 0 Å². The van der Waals surface area contributed by atoms with Gasteiger partial charge < -0.3 is 5.32 Å². The number of aromatic nitrogens is 1. The Morgan fingerprint density at radius 2 is 1.86 bits per heavy atom. The van der Waals surface area contributed by atoms with Crippen LogP contribution in [0.2, 0.25) is 10.2 Å². The van der Waals surface area contributed by atoms with Crippen molar-refractivity contribution in [3.05, 3.63) is 94.0 Å². The van der Waals surface area contributed by atoms with Crippen LogP contribution in [0.1, 0.15) is 24.0 Å². The van der Waals surface area contributed by atoms with Crippen molar-refractivity contribution in [1.29, 1.82) is 0 Å². The molecule has 2 amide bonds. The van der Waals surface area contributed by atoms with Gasteiger partial charge >= 0.3 is 6.03 Å². The molecule has 1 aromatic heterocycles. The maximum Gasteiger partial charge on any atom is 0.326 e. The third-order valence-corrected chi connectivity index (χ3v) is 7.32. The highest BCUT2D eigenvalue weighted by Gasteiger charge is 2.46. The summed E-state index contributed by atoms with van der Waals surface area (Å²) in [5.41, 5.74) is 3.10. The number of carbonyl (C=O) groups is 1. The number of nitrogens with zero attached hydrogens (tertiary/aromatic N) is 3. The van der Waals surface area contributed by atoms with Crippen LogP contribution in [0.3, 0.4) is 0 Å². The van der Waals surface area contributed by atoms with Crippen molar-refractivity contribution in [2.75, 3.05) is 36.4 Å². The van der Waals surface area contributed by atoms with Gasteiger partial charge in [-0.1, -0.05) is 47.5 Å². The van der Waals surface area contributed by atoms with Gasteiger partial charge in [-0.2, -0.15) is 0 Å². The summed E-state index contributed by atoms with van der Waals surface area (Å²) in [6.45, 7) is 3.10. The van der Waals surface area contributed by atoms with E-state index in [-0.39, 0.29) is 17.3 Å². The van der Waals surface area contributed by atoms with Crippen molar-refractivity contribution in [1.82, 2.24) is 9.88 Å². The van der Waals surface area contributed by atoms with E-state index in [1.807, 2.05) is 24.3 Å². The molecule has 1 N–H and O–H groups in total. The normalized spacial score (nSPS) is 17.2. The van der Waals surface area contributed by atoms with Crippen LogP contribution < -0.4 is 10.2 Å². The van der Waals surface area contributed by atoms with Crippen LogP contribution in [0, 0.1) is 5.82 Å². The number of fused-ring (bicyclic) bond motifs is 2. The minimum absolute atomic E-state index is 0.259. The molecule has 3 aromatic rings. The zero-order chi connectivity index (χ0) is 24.4. The van der Waals surface area contributed by atoms with Gasteiger partial charge in [0, 0.05) is 41.1 Å². The minimum Gasteiger partial charge on any atom is -0.307 e. The van der Waals surface area contributed by atoms with E-state index < -0.39 is 0 Å². The number of halogens is 3. The molecule has 8 heteroatoms. The first-order valence-corrected chi connectivity index (χ1v) is 12.3. The molecule has 0 radical (unpaired) electrons. The highest BCUT2D eigenvalue weighted by molar-refractivity contribution is 6.30. The van der Waals surface area contributed by atoms with Crippen LogP contribution in [0.15, 0.2) is 66.9 Å². The summed E-state index contributed by atoms with van der Waals surface area (Å²) in [5, 5.41) is 3.93. The van der Waals surface area contributed by atoms with Gasteiger partial charge in [0.15, 0.2) is 0 Å². The molecule has 2 aliphatic heterocycles. The number of urea groups is 1. The highest BCUT2D eigenvalue weighted by atomic mass is 35.5. The molecular formula is C27H25Cl2FN4O. The summed E-state index contributed by atoms with van der Waals surface area (Å²) in [6, 6.07) is 15.5. The highest BCUT2D eigenvalue weighted by Crippen LogP contribution is 2.47. The number of rotatable bonds is 4. The summed E-state index contributed by atoms with van der Waals surface area (Å²) in [5.74, 6) is -0.278. The fourth-order valence-corrected chi connectivity index (χ4v) is 5.30. The number of likely N-dealkylation sites (tertiary alicyclic amines) is 1. The van der Waals surface area contributed by atoms with E-state index in [4.69, 9.17) is 23.2 Å². The topological polar surface area (TPSA) is 48.5 Å². The first-order chi connectivity index (χ1) is 16.9. The van der Waals surface area contributed by atoms with E-state index >= 15 is 0 Å². The molecule has 5 nitrogen and oxygen atoms in total. The molecule has 0 unspecified atom stereocenters. The van der Waals surface area contributed by atoms with Gasteiger partial charge in [-0.15, -0.1) is 0 Å². The molecule has 0 saturated carbocycles. The first kappa shape index (κ1) is 23.8. The second-order valence-corrected chi connectivity index (χ2v) is 9.90. The Balaban J connectivity index is 1.28. The van der Waals surface area contributed by atoms with E-state index in [1.54, 1.807) is 35.4 Å². The van der Waals surface area contributed by atoms with Crippen LogP contribution in [0.25, 0.3) is 6.08 Å². The summed E-state index contributed by atoms with van der Waals surface area (Å²) >= 11 is 11.9. The van der Waals surface area contributed by atoms with Gasteiger partial charge in [0.25, 0.3) is 0 Å². The molecule has 0 bridgehead atoms. The first-order valence-electron chi connectivity index (χ1n) is 11.6. The number of pyridine rings is 1. The number of piperidine rings is 1. The molecule has 0 aliphatic carbocycles. The monoisotopic (exact) mass is 510 g/mol. The molecule has 2 aromatic carbocycles. The van der Waals surface area contributed by atoms with Crippen molar-refractivity contribution in [3.8, 4) is 0 Å². The molecule has 3 heterocycles. The lowest BCUT2D eigenvalue weighted by molar-refractivity contribution is 0.180. The van der Waals surface area contributed by atoms with Crippen molar-refractivity contribution >= 4 is 46.7 Å². The standard InChI is InChI=1S/C27H25Cl2FN4O/c28-20-5-3-19(4-6-20)2-1-13-33-14-10-27(11-15-33)18-34(24-8-7-21(30)16-23(24)27)26(35)32-22-9-12-31-25(29)17-22/h1-9,12,16-17H,10-11,13-15,18H2,(H,31,32,35)/b2-1+. The molecule has 1 spiro atoms. The second-order valence-electron chi connectivity index (χ2n) is 9.08. The van der Waals surface area contributed by atoms with E-state index in [0.29, 0.717) is 17.4 Å². The Morgan fingerprint density at radius 3 is 2.60 bits per heavy atom. The smallest absolute Gasteiger partial charge is 0.307 e. The predicted molar refractivity (Wildman–Crippen MR) is 140 cm³/mol. The largest absolute Gasteiger partial charge is 0.326 e. The van der Waals surface area contributed by atoms with E-state index in [9.17, 15) is 9.18 Å².